The average Bonchev–Trinajstić information content (AvgIpc) is 2.43. The number of guanidine groups is 1. The van der Waals surface area contributed by atoms with E-state index < -0.39 is 0 Å². The molecule has 0 bridgehead atoms. The van der Waals surface area contributed by atoms with Crippen molar-refractivity contribution >= 4 is 29.9 Å². The highest BCUT2D eigenvalue weighted by Gasteiger charge is 2.30. The Morgan fingerprint density at radius 1 is 1.43 bits per heavy atom. The lowest BCUT2D eigenvalue weighted by molar-refractivity contribution is 0.0739. The molecule has 1 heterocycles. The van der Waals surface area contributed by atoms with Gasteiger partial charge in [-0.15, -0.1) is 24.0 Å². The number of halogens is 1. The number of hydrogen-bond acceptors (Lipinski definition) is 2. The van der Waals surface area contributed by atoms with Crippen molar-refractivity contribution in [3.05, 3.63) is 0 Å². The van der Waals surface area contributed by atoms with Gasteiger partial charge >= 0.3 is 0 Å². The Labute approximate surface area is 148 Å². The molecule has 0 aromatic carbocycles. The SMILES string of the molecule is CCC(C)NC(=NC)NCC(C)(C)N1CCCC(C)C1.I. The predicted octanol–water partition coefficient (Wildman–Crippen LogP) is 3.08. The molecule has 0 amide bonds. The highest BCUT2D eigenvalue weighted by atomic mass is 127. The van der Waals surface area contributed by atoms with Crippen LogP contribution in [0.5, 0.6) is 0 Å². The van der Waals surface area contributed by atoms with E-state index in [-0.39, 0.29) is 29.5 Å². The van der Waals surface area contributed by atoms with Gasteiger partial charge in [0.15, 0.2) is 5.96 Å². The van der Waals surface area contributed by atoms with Gasteiger partial charge in [-0.05, 0) is 52.5 Å². The van der Waals surface area contributed by atoms with Crippen molar-refractivity contribution in [2.45, 2.75) is 65.5 Å². The van der Waals surface area contributed by atoms with Gasteiger partial charge in [0.25, 0.3) is 0 Å². The summed E-state index contributed by atoms with van der Waals surface area (Å²) in [4.78, 5) is 6.93. The van der Waals surface area contributed by atoms with E-state index in [9.17, 15) is 0 Å². The highest BCUT2D eigenvalue weighted by Crippen LogP contribution is 2.23. The number of rotatable bonds is 5. The molecule has 2 N–H and O–H groups in total. The van der Waals surface area contributed by atoms with E-state index in [2.05, 4.69) is 55.1 Å². The first-order chi connectivity index (χ1) is 9.39. The lowest BCUT2D eigenvalue weighted by Crippen LogP contribution is -2.56. The number of hydrogen-bond donors (Lipinski definition) is 2. The van der Waals surface area contributed by atoms with Crippen LogP contribution in [0.2, 0.25) is 0 Å². The minimum atomic E-state index is 0. The molecule has 21 heavy (non-hydrogen) atoms. The summed E-state index contributed by atoms with van der Waals surface area (Å²) in [5.41, 5.74) is 0.168. The van der Waals surface area contributed by atoms with Crippen LogP contribution in [-0.4, -0.2) is 49.1 Å². The topological polar surface area (TPSA) is 39.7 Å². The summed E-state index contributed by atoms with van der Waals surface area (Å²) in [7, 11) is 1.84. The summed E-state index contributed by atoms with van der Waals surface area (Å²) in [5.74, 6) is 1.73. The second kappa shape index (κ2) is 9.87. The van der Waals surface area contributed by atoms with Crippen molar-refractivity contribution in [1.29, 1.82) is 0 Å². The van der Waals surface area contributed by atoms with Gasteiger partial charge in [0.05, 0.1) is 0 Å². The fraction of sp³-hybridized carbons (Fsp3) is 0.938. The predicted molar refractivity (Wildman–Crippen MR) is 104 cm³/mol. The summed E-state index contributed by atoms with van der Waals surface area (Å²) in [6.07, 6.45) is 3.80. The fourth-order valence-corrected chi connectivity index (χ4v) is 2.68. The number of nitrogens with one attached hydrogen (secondary N) is 2. The van der Waals surface area contributed by atoms with Crippen molar-refractivity contribution in [3.8, 4) is 0 Å². The molecular weight excluding hydrogens is 375 g/mol. The molecule has 5 heteroatoms. The summed E-state index contributed by atoms with van der Waals surface area (Å²) >= 11 is 0. The zero-order valence-electron chi connectivity index (χ0n) is 14.7. The Balaban J connectivity index is 0.00000400. The molecule has 0 aromatic heterocycles. The van der Waals surface area contributed by atoms with Crippen LogP contribution in [0.25, 0.3) is 0 Å². The lowest BCUT2D eigenvalue weighted by Gasteiger charge is -2.43. The Kier molecular flexibility index (Phi) is 9.85. The van der Waals surface area contributed by atoms with E-state index in [4.69, 9.17) is 0 Å². The van der Waals surface area contributed by atoms with E-state index in [1.54, 1.807) is 0 Å². The second-order valence-electron chi connectivity index (χ2n) is 6.89. The first-order valence-corrected chi connectivity index (χ1v) is 8.11. The summed E-state index contributed by atoms with van der Waals surface area (Å²) in [5, 5.41) is 6.91. The molecular formula is C16H35IN4. The molecule has 1 saturated heterocycles. The Hall–Kier alpha value is -0.0400. The van der Waals surface area contributed by atoms with Crippen LogP contribution in [0.4, 0.5) is 0 Å². The molecule has 1 aliphatic rings. The van der Waals surface area contributed by atoms with Crippen LogP contribution >= 0.6 is 24.0 Å². The molecule has 1 rings (SSSR count). The van der Waals surface area contributed by atoms with Gasteiger partial charge in [0, 0.05) is 31.7 Å². The minimum Gasteiger partial charge on any atom is -0.355 e. The van der Waals surface area contributed by atoms with Gasteiger partial charge in [-0.3, -0.25) is 9.89 Å². The van der Waals surface area contributed by atoms with Crippen molar-refractivity contribution in [1.82, 2.24) is 15.5 Å². The molecule has 0 aliphatic carbocycles. The van der Waals surface area contributed by atoms with Gasteiger partial charge in [0.2, 0.25) is 0 Å². The van der Waals surface area contributed by atoms with Crippen LogP contribution in [0, 0.1) is 5.92 Å². The second-order valence-corrected chi connectivity index (χ2v) is 6.89. The molecule has 2 atom stereocenters. The monoisotopic (exact) mass is 410 g/mol. The molecule has 1 fully saturated rings. The highest BCUT2D eigenvalue weighted by molar-refractivity contribution is 14.0. The maximum absolute atomic E-state index is 4.32. The maximum atomic E-state index is 4.32. The Morgan fingerprint density at radius 3 is 2.62 bits per heavy atom. The number of aliphatic imine (C=N–C) groups is 1. The van der Waals surface area contributed by atoms with E-state index in [1.807, 2.05) is 7.05 Å². The van der Waals surface area contributed by atoms with Crippen molar-refractivity contribution in [2.75, 3.05) is 26.7 Å². The minimum absolute atomic E-state index is 0. The molecule has 126 valence electrons. The van der Waals surface area contributed by atoms with Gasteiger partial charge in [0.1, 0.15) is 0 Å². The standard InChI is InChI=1S/C16H34N4.HI/c1-7-14(3)19-15(17-6)18-12-16(4,5)20-10-8-9-13(2)11-20;/h13-14H,7-12H2,1-6H3,(H2,17,18,19);1H. The summed E-state index contributed by atoms with van der Waals surface area (Å²) in [6.45, 7) is 14.7. The van der Waals surface area contributed by atoms with Gasteiger partial charge in [-0.2, -0.15) is 0 Å². The van der Waals surface area contributed by atoms with E-state index in [0.717, 1.165) is 24.8 Å². The van der Waals surface area contributed by atoms with Crippen molar-refractivity contribution < 1.29 is 0 Å². The van der Waals surface area contributed by atoms with Crippen LogP contribution < -0.4 is 10.6 Å². The zero-order valence-corrected chi connectivity index (χ0v) is 17.0. The fourth-order valence-electron chi connectivity index (χ4n) is 2.68. The Morgan fingerprint density at radius 2 is 2.10 bits per heavy atom. The van der Waals surface area contributed by atoms with Crippen LogP contribution in [-0.2, 0) is 0 Å². The lowest BCUT2D eigenvalue weighted by atomic mass is 9.93. The first kappa shape index (κ1) is 21.0. The number of nitrogens with zero attached hydrogens (tertiary/aromatic N) is 2. The maximum Gasteiger partial charge on any atom is 0.191 e. The van der Waals surface area contributed by atoms with Gasteiger partial charge in [-0.25, -0.2) is 0 Å². The van der Waals surface area contributed by atoms with E-state index >= 15 is 0 Å². The van der Waals surface area contributed by atoms with Gasteiger partial charge in [-0.1, -0.05) is 13.8 Å². The molecule has 0 saturated carbocycles. The van der Waals surface area contributed by atoms with Crippen LogP contribution in [0.15, 0.2) is 4.99 Å². The largest absolute Gasteiger partial charge is 0.355 e. The average molecular weight is 410 g/mol. The number of likely N-dealkylation sites (tertiary alicyclic amines) is 1. The van der Waals surface area contributed by atoms with Gasteiger partial charge < -0.3 is 10.6 Å². The molecule has 1 aliphatic heterocycles. The third-order valence-electron chi connectivity index (χ3n) is 4.42. The zero-order chi connectivity index (χ0) is 15.2. The molecule has 2 unspecified atom stereocenters. The van der Waals surface area contributed by atoms with Crippen molar-refractivity contribution in [2.24, 2.45) is 10.9 Å². The van der Waals surface area contributed by atoms with Crippen LogP contribution in [0.1, 0.15) is 53.9 Å². The number of piperidine rings is 1. The molecule has 4 nitrogen and oxygen atoms in total. The van der Waals surface area contributed by atoms with Crippen LogP contribution in [0.3, 0.4) is 0 Å². The third-order valence-corrected chi connectivity index (χ3v) is 4.42. The van der Waals surface area contributed by atoms with E-state index in [0.29, 0.717) is 6.04 Å². The normalized spacial score (nSPS) is 22.4. The summed E-state index contributed by atoms with van der Waals surface area (Å²) in [6, 6.07) is 0.458. The first-order valence-electron chi connectivity index (χ1n) is 8.11. The van der Waals surface area contributed by atoms with Crippen molar-refractivity contribution in [3.63, 3.8) is 0 Å². The third kappa shape index (κ3) is 7.17. The van der Waals surface area contributed by atoms with E-state index in [1.165, 1.54) is 25.9 Å². The molecule has 0 radical (unpaired) electrons. The molecule has 0 aromatic rings. The smallest absolute Gasteiger partial charge is 0.191 e. The summed E-state index contributed by atoms with van der Waals surface area (Å²) < 4.78 is 0. The molecule has 0 spiro atoms. The quantitative estimate of drug-likeness (QED) is 0.416. The Bertz CT molecular complexity index is 317.